The molecule has 1 saturated heterocycles. The van der Waals surface area contributed by atoms with Crippen molar-refractivity contribution in [3.8, 4) is 0 Å². The number of anilines is 1. The molecule has 0 spiro atoms. The molecule has 0 aromatic heterocycles. The Morgan fingerprint density at radius 3 is 2.89 bits per heavy atom. The van der Waals surface area contributed by atoms with Gasteiger partial charge in [0.05, 0.1) is 6.54 Å². The number of hydrogen-bond donors (Lipinski definition) is 1. The van der Waals surface area contributed by atoms with Gasteiger partial charge in [0.2, 0.25) is 5.91 Å². The normalized spacial score (nSPS) is 16.9. The summed E-state index contributed by atoms with van der Waals surface area (Å²) in [5.74, 6) is 0.163. The lowest BCUT2D eigenvalue weighted by Crippen LogP contribution is -2.40. The first-order valence-electron chi connectivity index (χ1n) is 6.94. The SMILES string of the molecule is Cc1ccccc1N(C)C(=O)CN1CCCNCC1. The maximum absolute atomic E-state index is 12.3. The van der Waals surface area contributed by atoms with Crippen LogP contribution in [-0.4, -0.2) is 50.6 Å². The molecule has 0 atom stereocenters. The zero-order chi connectivity index (χ0) is 13.7. The monoisotopic (exact) mass is 261 g/mol. The molecule has 1 aliphatic heterocycles. The summed E-state index contributed by atoms with van der Waals surface area (Å²) in [5.41, 5.74) is 2.14. The molecule has 19 heavy (non-hydrogen) atoms. The van der Waals surface area contributed by atoms with Crippen molar-refractivity contribution in [2.45, 2.75) is 13.3 Å². The lowest BCUT2D eigenvalue weighted by Gasteiger charge is -2.24. The van der Waals surface area contributed by atoms with E-state index in [4.69, 9.17) is 0 Å². The second-order valence-corrected chi connectivity index (χ2v) is 5.12. The number of rotatable bonds is 3. The minimum atomic E-state index is 0.163. The quantitative estimate of drug-likeness (QED) is 0.889. The van der Waals surface area contributed by atoms with Gasteiger partial charge in [0.1, 0.15) is 0 Å². The van der Waals surface area contributed by atoms with Crippen molar-refractivity contribution >= 4 is 11.6 Å². The van der Waals surface area contributed by atoms with Crippen LogP contribution in [0.1, 0.15) is 12.0 Å². The van der Waals surface area contributed by atoms with Crippen LogP contribution in [0.5, 0.6) is 0 Å². The minimum Gasteiger partial charge on any atom is -0.315 e. The van der Waals surface area contributed by atoms with Gasteiger partial charge in [-0.25, -0.2) is 0 Å². The van der Waals surface area contributed by atoms with Crippen LogP contribution in [0.4, 0.5) is 5.69 Å². The van der Waals surface area contributed by atoms with Crippen molar-refractivity contribution in [2.75, 3.05) is 44.7 Å². The number of benzene rings is 1. The topological polar surface area (TPSA) is 35.6 Å². The molecule has 0 aliphatic carbocycles. The minimum absolute atomic E-state index is 0.163. The number of carbonyl (C=O) groups is 1. The maximum atomic E-state index is 12.3. The van der Waals surface area contributed by atoms with Crippen molar-refractivity contribution in [3.63, 3.8) is 0 Å². The summed E-state index contributed by atoms with van der Waals surface area (Å²) in [7, 11) is 1.86. The fraction of sp³-hybridized carbons (Fsp3) is 0.533. The molecule has 1 fully saturated rings. The van der Waals surface area contributed by atoms with Gasteiger partial charge in [-0.15, -0.1) is 0 Å². The van der Waals surface area contributed by atoms with Gasteiger partial charge in [0.15, 0.2) is 0 Å². The molecule has 0 saturated carbocycles. The molecular weight excluding hydrogens is 238 g/mol. The third-order valence-electron chi connectivity index (χ3n) is 3.64. The van der Waals surface area contributed by atoms with Crippen LogP contribution in [0.2, 0.25) is 0 Å². The Bertz CT molecular complexity index is 425. The summed E-state index contributed by atoms with van der Waals surface area (Å²) < 4.78 is 0. The molecule has 1 amide bonds. The molecule has 0 unspecified atom stereocenters. The lowest BCUT2D eigenvalue weighted by molar-refractivity contribution is -0.119. The van der Waals surface area contributed by atoms with Crippen molar-refractivity contribution in [1.29, 1.82) is 0 Å². The standard InChI is InChI=1S/C15H23N3O/c1-13-6-3-4-7-14(13)17(2)15(19)12-18-10-5-8-16-9-11-18/h3-4,6-7,16H,5,8-12H2,1-2H3. The number of aryl methyl sites for hydroxylation is 1. The summed E-state index contributed by atoms with van der Waals surface area (Å²) in [6, 6.07) is 8.01. The van der Waals surface area contributed by atoms with Crippen LogP contribution in [0.25, 0.3) is 0 Å². The molecule has 4 nitrogen and oxygen atoms in total. The highest BCUT2D eigenvalue weighted by Gasteiger charge is 2.17. The number of para-hydroxylation sites is 1. The van der Waals surface area contributed by atoms with E-state index < -0.39 is 0 Å². The number of nitrogens with one attached hydrogen (secondary N) is 1. The maximum Gasteiger partial charge on any atom is 0.240 e. The van der Waals surface area contributed by atoms with E-state index in [0.29, 0.717) is 6.54 Å². The van der Waals surface area contributed by atoms with Gasteiger partial charge in [-0.05, 0) is 38.1 Å². The Labute approximate surface area is 115 Å². The average Bonchev–Trinajstić information content (AvgIpc) is 2.67. The second kappa shape index (κ2) is 6.68. The van der Waals surface area contributed by atoms with Gasteiger partial charge in [0.25, 0.3) is 0 Å². The Morgan fingerprint density at radius 2 is 2.11 bits per heavy atom. The lowest BCUT2D eigenvalue weighted by atomic mass is 10.2. The smallest absolute Gasteiger partial charge is 0.240 e. The van der Waals surface area contributed by atoms with Crippen molar-refractivity contribution in [1.82, 2.24) is 10.2 Å². The Hall–Kier alpha value is -1.39. The fourth-order valence-corrected chi connectivity index (χ4v) is 2.43. The van der Waals surface area contributed by atoms with E-state index >= 15 is 0 Å². The van der Waals surface area contributed by atoms with E-state index in [9.17, 15) is 4.79 Å². The Morgan fingerprint density at radius 1 is 1.32 bits per heavy atom. The summed E-state index contributed by atoms with van der Waals surface area (Å²) >= 11 is 0. The highest BCUT2D eigenvalue weighted by atomic mass is 16.2. The molecular formula is C15H23N3O. The number of nitrogens with zero attached hydrogens (tertiary/aromatic N) is 2. The van der Waals surface area contributed by atoms with Crippen LogP contribution in [-0.2, 0) is 4.79 Å². The number of carbonyl (C=O) groups excluding carboxylic acids is 1. The van der Waals surface area contributed by atoms with Crippen molar-refractivity contribution in [2.24, 2.45) is 0 Å². The highest BCUT2D eigenvalue weighted by molar-refractivity contribution is 5.94. The first kappa shape index (κ1) is 14.0. The molecule has 104 valence electrons. The van der Waals surface area contributed by atoms with E-state index in [1.165, 1.54) is 0 Å². The predicted molar refractivity (Wildman–Crippen MR) is 78.5 cm³/mol. The summed E-state index contributed by atoms with van der Waals surface area (Å²) in [4.78, 5) is 16.3. The van der Waals surface area contributed by atoms with Crippen LogP contribution in [0.15, 0.2) is 24.3 Å². The summed E-state index contributed by atoms with van der Waals surface area (Å²) in [6.45, 7) is 6.52. The molecule has 2 rings (SSSR count). The van der Waals surface area contributed by atoms with E-state index in [2.05, 4.69) is 10.2 Å². The van der Waals surface area contributed by atoms with Gasteiger partial charge >= 0.3 is 0 Å². The zero-order valence-electron chi connectivity index (χ0n) is 11.9. The summed E-state index contributed by atoms with van der Waals surface area (Å²) in [5, 5.41) is 3.35. The predicted octanol–water partition coefficient (Wildman–Crippen LogP) is 1.25. The van der Waals surface area contributed by atoms with Crippen molar-refractivity contribution < 1.29 is 4.79 Å². The van der Waals surface area contributed by atoms with Gasteiger partial charge in [-0.3, -0.25) is 9.69 Å². The van der Waals surface area contributed by atoms with Crippen LogP contribution in [0.3, 0.4) is 0 Å². The first-order chi connectivity index (χ1) is 9.18. The molecule has 4 heteroatoms. The van der Waals surface area contributed by atoms with E-state index in [-0.39, 0.29) is 5.91 Å². The van der Waals surface area contributed by atoms with Crippen LogP contribution >= 0.6 is 0 Å². The summed E-state index contributed by atoms with van der Waals surface area (Å²) in [6.07, 6.45) is 1.11. The molecule has 1 heterocycles. The third kappa shape index (κ3) is 3.78. The van der Waals surface area contributed by atoms with Crippen LogP contribution < -0.4 is 10.2 Å². The fourth-order valence-electron chi connectivity index (χ4n) is 2.43. The second-order valence-electron chi connectivity index (χ2n) is 5.12. The van der Waals surface area contributed by atoms with Crippen LogP contribution in [0, 0.1) is 6.92 Å². The van der Waals surface area contributed by atoms with Gasteiger partial charge in [0, 0.05) is 25.8 Å². The first-order valence-corrected chi connectivity index (χ1v) is 6.94. The van der Waals surface area contributed by atoms with Gasteiger partial charge < -0.3 is 10.2 Å². The highest BCUT2D eigenvalue weighted by Crippen LogP contribution is 2.18. The molecule has 0 bridgehead atoms. The molecule has 0 radical (unpaired) electrons. The Balaban J connectivity index is 1.97. The van der Waals surface area contributed by atoms with Crippen molar-refractivity contribution in [3.05, 3.63) is 29.8 Å². The average molecular weight is 261 g/mol. The third-order valence-corrected chi connectivity index (χ3v) is 3.64. The number of likely N-dealkylation sites (N-methyl/N-ethyl adjacent to an activating group) is 1. The zero-order valence-corrected chi connectivity index (χ0v) is 11.9. The molecule has 1 aromatic rings. The molecule has 1 aromatic carbocycles. The number of amides is 1. The Kier molecular flexibility index (Phi) is 4.93. The van der Waals surface area contributed by atoms with Gasteiger partial charge in [-0.2, -0.15) is 0 Å². The number of hydrogen-bond acceptors (Lipinski definition) is 3. The molecule has 1 aliphatic rings. The van der Waals surface area contributed by atoms with E-state index in [1.54, 1.807) is 4.90 Å². The largest absolute Gasteiger partial charge is 0.315 e. The van der Waals surface area contributed by atoms with E-state index in [1.807, 2.05) is 38.2 Å². The van der Waals surface area contributed by atoms with Gasteiger partial charge in [-0.1, -0.05) is 18.2 Å². The van der Waals surface area contributed by atoms with E-state index in [0.717, 1.165) is 43.9 Å². The molecule has 1 N–H and O–H groups in total.